The summed E-state index contributed by atoms with van der Waals surface area (Å²) < 4.78 is 1.21. The minimum absolute atomic E-state index is 0.133. The second-order valence-electron chi connectivity index (χ2n) is 4.79. The van der Waals surface area contributed by atoms with Crippen molar-refractivity contribution in [1.29, 1.82) is 0 Å². The van der Waals surface area contributed by atoms with Gasteiger partial charge in [0.1, 0.15) is 0 Å². The van der Waals surface area contributed by atoms with Crippen LogP contribution in [0.3, 0.4) is 0 Å². The van der Waals surface area contributed by atoms with Crippen molar-refractivity contribution in [3.8, 4) is 0 Å². The van der Waals surface area contributed by atoms with Crippen LogP contribution in [0.2, 0.25) is 5.02 Å². The summed E-state index contributed by atoms with van der Waals surface area (Å²) in [5.74, 6) is 0. The van der Waals surface area contributed by atoms with Gasteiger partial charge in [-0.2, -0.15) is 0 Å². The molecule has 106 valence electrons. The maximum atomic E-state index is 6.16. The summed E-state index contributed by atoms with van der Waals surface area (Å²) in [5.41, 5.74) is 3.41. The number of nitrogens with one attached hydrogen (secondary N) is 1. The van der Waals surface area contributed by atoms with E-state index in [4.69, 9.17) is 11.6 Å². The van der Waals surface area contributed by atoms with Crippen molar-refractivity contribution in [1.82, 2.24) is 10.3 Å². The third-order valence-corrected chi connectivity index (χ3v) is 4.35. The fraction of sp³-hybridized carbons (Fsp3) is 0.312. The number of nitrogens with zero attached hydrogens (tertiary/aromatic N) is 1. The quantitative estimate of drug-likeness (QED) is 0.734. The van der Waals surface area contributed by atoms with Crippen LogP contribution in [0, 0.1) is 10.5 Å². The van der Waals surface area contributed by atoms with E-state index in [1.165, 1.54) is 14.7 Å². The molecule has 0 spiro atoms. The van der Waals surface area contributed by atoms with Gasteiger partial charge in [0, 0.05) is 20.5 Å². The molecule has 1 N–H and O–H groups in total. The van der Waals surface area contributed by atoms with Gasteiger partial charge in [-0.15, -0.1) is 0 Å². The number of hydrogen-bond acceptors (Lipinski definition) is 2. The molecule has 20 heavy (non-hydrogen) atoms. The summed E-state index contributed by atoms with van der Waals surface area (Å²) in [5, 5.41) is 4.35. The Morgan fingerprint density at radius 3 is 2.75 bits per heavy atom. The van der Waals surface area contributed by atoms with E-state index >= 15 is 0 Å². The van der Waals surface area contributed by atoms with Gasteiger partial charge >= 0.3 is 0 Å². The molecule has 0 bridgehead atoms. The Balaban J connectivity index is 2.41. The van der Waals surface area contributed by atoms with E-state index in [1.54, 1.807) is 0 Å². The largest absolute Gasteiger partial charge is 0.306 e. The minimum atomic E-state index is 0.133. The van der Waals surface area contributed by atoms with Crippen LogP contribution < -0.4 is 5.32 Å². The van der Waals surface area contributed by atoms with Gasteiger partial charge in [0.05, 0.1) is 6.04 Å². The molecular weight excluding hydrogens is 383 g/mol. The van der Waals surface area contributed by atoms with Gasteiger partial charge in [-0.1, -0.05) is 24.6 Å². The topological polar surface area (TPSA) is 24.9 Å². The zero-order valence-electron chi connectivity index (χ0n) is 11.7. The van der Waals surface area contributed by atoms with Crippen LogP contribution in [-0.4, -0.2) is 11.5 Å². The van der Waals surface area contributed by atoms with Crippen LogP contribution in [0.25, 0.3) is 0 Å². The molecule has 0 aliphatic carbocycles. The van der Waals surface area contributed by atoms with E-state index in [-0.39, 0.29) is 6.04 Å². The molecule has 1 unspecified atom stereocenters. The van der Waals surface area contributed by atoms with Gasteiger partial charge in [0.15, 0.2) is 0 Å². The highest BCUT2D eigenvalue weighted by Crippen LogP contribution is 2.28. The van der Waals surface area contributed by atoms with E-state index in [0.29, 0.717) is 0 Å². The molecule has 1 aromatic heterocycles. The zero-order valence-corrected chi connectivity index (χ0v) is 14.6. The molecule has 0 radical (unpaired) electrons. The first-order valence-electron chi connectivity index (χ1n) is 6.72. The van der Waals surface area contributed by atoms with Gasteiger partial charge in [-0.05, 0) is 77.9 Å². The lowest BCUT2D eigenvalue weighted by atomic mass is 10.00. The molecular formula is C16H18ClIN2. The van der Waals surface area contributed by atoms with E-state index in [1.807, 2.05) is 31.3 Å². The Hall–Kier alpha value is -0.650. The number of aromatic nitrogens is 1. The fourth-order valence-corrected chi connectivity index (χ4v) is 2.91. The second kappa shape index (κ2) is 7.38. The van der Waals surface area contributed by atoms with Crippen molar-refractivity contribution in [3.63, 3.8) is 0 Å². The fourth-order valence-electron chi connectivity index (χ4n) is 2.08. The molecule has 2 rings (SSSR count). The minimum Gasteiger partial charge on any atom is -0.306 e. The molecule has 0 saturated heterocycles. The first-order chi connectivity index (χ1) is 9.61. The van der Waals surface area contributed by atoms with Crippen LogP contribution in [0.4, 0.5) is 0 Å². The van der Waals surface area contributed by atoms with Crippen molar-refractivity contribution in [2.24, 2.45) is 0 Å². The summed E-state index contributed by atoms with van der Waals surface area (Å²) in [6.45, 7) is 5.13. The Morgan fingerprint density at radius 2 is 2.10 bits per heavy atom. The van der Waals surface area contributed by atoms with Crippen molar-refractivity contribution in [2.75, 3.05) is 6.54 Å². The standard InChI is InChI=1S/C16H18ClIN2/c1-3-8-19-16(12-5-4-11(2)20-10-12)14-9-13(17)6-7-15(14)18/h4-7,9-10,16,19H,3,8H2,1-2H3. The predicted molar refractivity (Wildman–Crippen MR) is 93.3 cm³/mol. The predicted octanol–water partition coefficient (Wildman–Crippen LogP) is 4.74. The molecule has 1 aromatic carbocycles. The SMILES string of the molecule is CCCNC(c1ccc(C)nc1)c1cc(Cl)ccc1I. The number of pyridine rings is 1. The summed E-state index contributed by atoms with van der Waals surface area (Å²) in [4.78, 5) is 4.41. The van der Waals surface area contributed by atoms with Crippen LogP contribution in [-0.2, 0) is 0 Å². The van der Waals surface area contributed by atoms with Gasteiger partial charge in [-0.3, -0.25) is 4.98 Å². The van der Waals surface area contributed by atoms with E-state index in [2.05, 4.69) is 51.9 Å². The molecule has 1 heterocycles. The first kappa shape index (κ1) is 15.7. The molecule has 0 aliphatic rings. The van der Waals surface area contributed by atoms with Crippen molar-refractivity contribution in [2.45, 2.75) is 26.3 Å². The summed E-state index contributed by atoms with van der Waals surface area (Å²) in [6, 6.07) is 10.3. The number of aryl methyl sites for hydroxylation is 1. The molecule has 2 nitrogen and oxygen atoms in total. The highest BCUT2D eigenvalue weighted by molar-refractivity contribution is 14.1. The lowest BCUT2D eigenvalue weighted by Gasteiger charge is -2.21. The normalized spacial score (nSPS) is 12.4. The van der Waals surface area contributed by atoms with Crippen LogP contribution >= 0.6 is 34.2 Å². The van der Waals surface area contributed by atoms with Gasteiger partial charge in [0.2, 0.25) is 0 Å². The summed E-state index contributed by atoms with van der Waals surface area (Å²) in [7, 11) is 0. The van der Waals surface area contributed by atoms with Crippen LogP contribution in [0.15, 0.2) is 36.5 Å². The maximum absolute atomic E-state index is 6.16. The van der Waals surface area contributed by atoms with Crippen molar-refractivity contribution < 1.29 is 0 Å². The maximum Gasteiger partial charge on any atom is 0.0602 e. The lowest BCUT2D eigenvalue weighted by molar-refractivity contribution is 0.595. The molecule has 0 amide bonds. The molecule has 0 fully saturated rings. The van der Waals surface area contributed by atoms with Crippen LogP contribution in [0.1, 0.15) is 36.2 Å². The van der Waals surface area contributed by atoms with E-state index in [9.17, 15) is 0 Å². The smallest absolute Gasteiger partial charge is 0.0602 e. The van der Waals surface area contributed by atoms with Crippen molar-refractivity contribution >= 4 is 34.2 Å². The Bertz CT molecular complexity index is 569. The van der Waals surface area contributed by atoms with Crippen LogP contribution in [0.5, 0.6) is 0 Å². The lowest BCUT2D eigenvalue weighted by Crippen LogP contribution is -2.24. The van der Waals surface area contributed by atoms with Crippen molar-refractivity contribution in [3.05, 3.63) is 61.9 Å². The Kier molecular flexibility index (Phi) is 5.81. The Morgan fingerprint density at radius 1 is 1.30 bits per heavy atom. The average molecular weight is 401 g/mol. The summed E-state index contributed by atoms with van der Waals surface area (Å²) >= 11 is 8.52. The molecule has 2 aromatic rings. The van der Waals surface area contributed by atoms with E-state index in [0.717, 1.165) is 23.7 Å². The monoisotopic (exact) mass is 400 g/mol. The first-order valence-corrected chi connectivity index (χ1v) is 8.18. The van der Waals surface area contributed by atoms with Gasteiger partial charge in [0.25, 0.3) is 0 Å². The highest BCUT2D eigenvalue weighted by atomic mass is 127. The zero-order chi connectivity index (χ0) is 14.5. The van der Waals surface area contributed by atoms with Gasteiger partial charge in [-0.25, -0.2) is 0 Å². The third-order valence-electron chi connectivity index (χ3n) is 3.14. The number of halogens is 2. The molecule has 4 heteroatoms. The van der Waals surface area contributed by atoms with E-state index < -0.39 is 0 Å². The van der Waals surface area contributed by atoms with Gasteiger partial charge < -0.3 is 5.32 Å². The Labute approximate surface area is 139 Å². The average Bonchev–Trinajstić information content (AvgIpc) is 2.44. The third kappa shape index (κ3) is 3.93. The molecule has 0 aliphatic heterocycles. The number of hydrogen-bond donors (Lipinski definition) is 1. The number of benzene rings is 1. The summed E-state index contributed by atoms with van der Waals surface area (Å²) in [6.07, 6.45) is 3.03. The number of rotatable bonds is 5. The molecule has 1 atom stereocenters. The second-order valence-corrected chi connectivity index (χ2v) is 6.38. The highest BCUT2D eigenvalue weighted by Gasteiger charge is 2.16. The molecule has 0 saturated carbocycles.